The lowest BCUT2D eigenvalue weighted by Crippen LogP contribution is -2.16. The first-order valence-electron chi connectivity index (χ1n) is 8.63. The summed E-state index contributed by atoms with van der Waals surface area (Å²) in [4.78, 5) is 12.5. The number of amides is 1. The predicted octanol–water partition coefficient (Wildman–Crippen LogP) is 4.71. The van der Waals surface area contributed by atoms with Crippen molar-refractivity contribution in [2.75, 3.05) is 17.1 Å². The van der Waals surface area contributed by atoms with E-state index >= 15 is 0 Å². The highest BCUT2D eigenvalue weighted by Crippen LogP contribution is 2.27. The van der Waals surface area contributed by atoms with Gasteiger partial charge in [-0.1, -0.05) is 35.9 Å². The van der Waals surface area contributed by atoms with Crippen molar-refractivity contribution in [1.29, 1.82) is 0 Å². The van der Waals surface area contributed by atoms with Crippen LogP contribution in [0, 0.1) is 6.92 Å². The summed E-state index contributed by atoms with van der Waals surface area (Å²) in [6.45, 7) is 1.89. The molecule has 0 saturated carbocycles. The van der Waals surface area contributed by atoms with E-state index in [4.69, 9.17) is 16.3 Å². The van der Waals surface area contributed by atoms with Gasteiger partial charge in [0.2, 0.25) is 0 Å². The molecule has 6 nitrogen and oxygen atoms in total. The summed E-state index contributed by atoms with van der Waals surface area (Å²) in [6, 6.07) is 17.6. The van der Waals surface area contributed by atoms with Crippen LogP contribution in [0.2, 0.25) is 5.02 Å². The van der Waals surface area contributed by atoms with Crippen LogP contribution in [0.3, 0.4) is 0 Å². The van der Waals surface area contributed by atoms with E-state index in [-0.39, 0.29) is 10.5 Å². The van der Waals surface area contributed by atoms with Crippen molar-refractivity contribution in [2.24, 2.45) is 0 Å². The van der Waals surface area contributed by atoms with Gasteiger partial charge in [-0.3, -0.25) is 9.52 Å². The number of ether oxygens (including phenoxy) is 1. The van der Waals surface area contributed by atoms with Gasteiger partial charge in [-0.25, -0.2) is 8.42 Å². The number of para-hydroxylation sites is 2. The van der Waals surface area contributed by atoms with Crippen LogP contribution >= 0.6 is 11.6 Å². The summed E-state index contributed by atoms with van der Waals surface area (Å²) >= 11 is 6.15. The molecule has 150 valence electrons. The minimum atomic E-state index is -3.92. The lowest BCUT2D eigenvalue weighted by atomic mass is 10.2. The second kappa shape index (κ2) is 8.55. The first kappa shape index (κ1) is 20.7. The molecule has 0 unspecified atom stereocenters. The SMILES string of the molecule is COc1ccccc1NS(=O)(=O)c1cccc(C(=O)Nc2ccc(C)cc2Cl)c1. The first-order valence-corrected chi connectivity index (χ1v) is 10.5. The third-order valence-corrected chi connectivity index (χ3v) is 5.81. The number of anilines is 2. The number of nitrogens with one attached hydrogen (secondary N) is 2. The molecular formula is C21H19ClN2O4S. The minimum Gasteiger partial charge on any atom is -0.495 e. The van der Waals surface area contributed by atoms with Crippen molar-refractivity contribution in [1.82, 2.24) is 0 Å². The maximum atomic E-state index is 12.8. The van der Waals surface area contributed by atoms with Gasteiger partial charge < -0.3 is 10.1 Å². The molecule has 0 radical (unpaired) electrons. The fourth-order valence-electron chi connectivity index (χ4n) is 2.65. The van der Waals surface area contributed by atoms with E-state index in [1.165, 1.54) is 31.4 Å². The monoisotopic (exact) mass is 430 g/mol. The third-order valence-electron chi connectivity index (χ3n) is 4.13. The maximum Gasteiger partial charge on any atom is 0.262 e. The molecule has 0 heterocycles. The molecule has 3 aromatic carbocycles. The number of aryl methyl sites for hydroxylation is 1. The highest BCUT2D eigenvalue weighted by Gasteiger charge is 2.18. The number of benzene rings is 3. The molecule has 0 atom stereocenters. The van der Waals surface area contributed by atoms with E-state index in [9.17, 15) is 13.2 Å². The normalized spacial score (nSPS) is 11.0. The standard InChI is InChI=1S/C21H19ClN2O4S/c1-14-10-11-18(17(22)12-14)23-21(25)15-6-5-7-16(13-15)29(26,27)24-19-8-3-4-9-20(19)28-2/h3-13,24H,1-2H3,(H,23,25). The average Bonchev–Trinajstić information content (AvgIpc) is 2.70. The fraction of sp³-hybridized carbons (Fsp3) is 0.0952. The smallest absolute Gasteiger partial charge is 0.262 e. The van der Waals surface area contributed by atoms with E-state index in [2.05, 4.69) is 10.0 Å². The van der Waals surface area contributed by atoms with Crippen LogP contribution in [0.25, 0.3) is 0 Å². The fourth-order valence-corrected chi connectivity index (χ4v) is 4.05. The lowest BCUT2D eigenvalue weighted by Gasteiger charge is -2.12. The molecule has 0 saturated heterocycles. The quantitative estimate of drug-likeness (QED) is 0.593. The molecule has 0 aliphatic carbocycles. The van der Waals surface area contributed by atoms with Gasteiger partial charge in [0.05, 0.1) is 28.4 Å². The Balaban J connectivity index is 1.85. The van der Waals surface area contributed by atoms with Gasteiger partial charge in [0.25, 0.3) is 15.9 Å². The van der Waals surface area contributed by atoms with E-state index in [1.54, 1.807) is 36.4 Å². The molecule has 0 aliphatic heterocycles. The summed E-state index contributed by atoms with van der Waals surface area (Å²) in [7, 11) is -2.47. The van der Waals surface area contributed by atoms with Gasteiger partial charge in [-0.15, -0.1) is 0 Å². The molecule has 1 amide bonds. The molecule has 29 heavy (non-hydrogen) atoms. The van der Waals surface area contributed by atoms with Gasteiger partial charge >= 0.3 is 0 Å². The van der Waals surface area contributed by atoms with E-state index in [0.717, 1.165) is 5.56 Å². The molecule has 0 spiro atoms. The van der Waals surface area contributed by atoms with Crippen LogP contribution in [-0.4, -0.2) is 21.4 Å². The van der Waals surface area contributed by atoms with E-state index in [1.807, 2.05) is 13.0 Å². The zero-order chi connectivity index (χ0) is 21.0. The second-order valence-corrected chi connectivity index (χ2v) is 8.36. The van der Waals surface area contributed by atoms with Crippen molar-refractivity contribution in [3.8, 4) is 5.75 Å². The molecule has 0 aliphatic rings. The number of hydrogen-bond acceptors (Lipinski definition) is 4. The Kier molecular flexibility index (Phi) is 6.10. The van der Waals surface area contributed by atoms with Gasteiger partial charge in [-0.2, -0.15) is 0 Å². The molecular weight excluding hydrogens is 412 g/mol. The minimum absolute atomic E-state index is 0.0499. The maximum absolute atomic E-state index is 12.8. The van der Waals surface area contributed by atoms with Crippen molar-refractivity contribution in [2.45, 2.75) is 11.8 Å². The average molecular weight is 431 g/mol. The number of halogens is 1. The van der Waals surface area contributed by atoms with Crippen molar-refractivity contribution >= 4 is 38.9 Å². The Hall–Kier alpha value is -3.03. The number of carbonyl (C=O) groups is 1. The molecule has 3 rings (SSSR count). The second-order valence-electron chi connectivity index (χ2n) is 6.27. The Labute approximate surface area is 174 Å². The molecule has 8 heteroatoms. The Morgan fingerprint density at radius 3 is 2.45 bits per heavy atom. The molecule has 2 N–H and O–H groups in total. The number of rotatable bonds is 6. The molecule has 0 bridgehead atoms. The zero-order valence-electron chi connectivity index (χ0n) is 15.8. The number of hydrogen-bond donors (Lipinski definition) is 2. The van der Waals surface area contributed by atoms with E-state index < -0.39 is 15.9 Å². The van der Waals surface area contributed by atoms with Crippen LogP contribution in [-0.2, 0) is 10.0 Å². The van der Waals surface area contributed by atoms with Crippen LogP contribution in [0.4, 0.5) is 11.4 Å². The van der Waals surface area contributed by atoms with Crippen LogP contribution in [0.1, 0.15) is 15.9 Å². The summed E-state index contributed by atoms with van der Waals surface area (Å²) in [6.07, 6.45) is 0. The number of sulfonamides is 1. The van der Waals surface area contributed by atoms with Crippen LogP contribution in [0.5, 0.6) is 5.75 Å². The Bertz CT molecular complexity index is 1160. The summed E-state index contributed by atoms with van der Waals surface area (Å²) in [5, 5.41) is 3.10. The van der Waals surface area contributed by atoms with Gasteiger partial charge in [0, 0.05) is 5.56 Å². The van der Waals surface area contributed by atoms with E-state index in [0.29, 0.717) is 22.1 Å². The third kappa shape index (κ3) is 4.88. The molecule has 3 aromatic rings. The largest absolute Gasteiger partial charge is 0.495 e. The number of carbonyl (C=O) groups excluding carboxylic acids is 1. The first-order chi connectivity index (χ1) is 13.8. The van der Waals surface area contributed by atoms with Crippen molar-refractivity contribution < 1.29 is 17.9 Å². The summed E-state index contributed by atoms with van der Waals surface area (Å²) in [5.74, 6) is -0.0796. The summed E-state index contributed by atoms with van der Waals surface area (Å²) in [5.41, 5.74) is 1.90. The summed E-state index contributed by atoms with van der Waals surface area (Å²) < 4.78 is 33.2. The lowest BCUT2D eigenvalue weighted by molar-refractivity contribution is 0.102. The van der Waals surface area contributed by atoms with Gasteiger partial charge in [0.1, 0.15) is 5.75 Å². The van der Waals surface area contributed by atoms with Gasteiger partial charge in [-0.05, 0) is 55.0 Å². The van der Waals surface area contributed by atoms with Crippen molar-refractivity contribution in [3.05, 3.63) is 82.9 Å². The highest BCUT2D eigenvalue weighted by molar-refractivity contribution is 7.92. The topological polar surface area (TPSA) is 84.5 Å². The van der Waals surface area contributed by atoms with Gasteiger partial charge in [0.15, 0.2) is 0 Å². The Morgan fingerprint density at radius 1 is 0.966 bits per heavy atom. The predicted molar refractivity (Wildman–Crippen MR) is 114 cm³/mol. The number of methoxy groups -OCH3 is 1. The highest BCUT2D eigenvalue weighted by atomic mass is 35.5. The molecule has 0 fully saturated rings. The van der Waals surface area contributed by atoms with Crippen LogP contribution < -0.4 is 14.8 Å². The van der Waals surface area contributed by atoms with Crippen LogP contribution in [0.15, 0.2) is 71.6 Å². The Morgan fingerprint density at radius 2 is 1.72 bits per heavy atom. The molecule has 0 aromatic heterocycles. The zero-order valence-corrected chi connectivity index (χ0v) is 17.3. The van der Waals surface area contributed by atoms with Crippen molar-refractivity contribution in [3.63, 3.8) is 0 Å².